The van der Waals surface area contributed by atoms with Crippen LogP contribution >= 0.6 is 11.8 Å². The summed E-state index contributed by atoms with van der Waals surface area (Å²) in [5.41, 5.74) is 1.62. The fourth-order valence-corrected chi connectivity index (χ4v) is 5.01. The highest BCUT2D eigenvalue weighted by Crippen LogP contribution is 2.27. The van der Waals surface area contributed by atoms with Crippen LogP contribution in [0.15, 0.2) is 117 Å². The van der Waals surface area contributed by atoms with Crippen molar-refractivity contribution in [3.63, 3.8) is 0 Å². The van der Waals surface area contributed by atoms with Gasteiger partial charge in [0, 0.05) is 50.5 Å². The maximum Gasteiger partial charge on any atom is 0.340 e. The molecular weight excluding hydrogens is 568 g/mol. The fourth-order valence-electron chi connectivity index (χ4n) is 4.15. The Kier molecular flexibility index (Phi) is 8.78. The molecule has 0 bridgehead atoms. The minimum Gasteiger partial charge on any atom is -0.508 e. The summed E-state index contributed by atoms with van der Waals surface area (Å²) in [5, 5.41) is 25.6. The van der Waals surface area contributed by atoms with E-state index in [1.807, 2.05) is 0 Å². The molecule has 0 aliphatic carbocycles. The van der Waals surface area contributed by atoms with Crippen LogP contribution in [0.5, 0.6) is 17.2 Å². The van der Waals surface area contributed by atoms with E-state index >= 15 is 0 Å². The highest BCUT2D eigenvalue weighted by atomic mass is 32.2. The van der Waals surface area contributed by atoms with E-state index in [4.69, 9.17) is 9.15 Å². The number of phenolic OH excluding ortho intramolecular Hbond substituents is 2. The Bertz CT molecular complexity index is 1880. The van der Waals surface area contributed by atoms with Crippen molar-refractivity contribution in [2.24, 2.45) is 0 Å². The normalized spacial score (nSPS) is 11.2. The van der Waals surface area contributed by atoms with E-state index in [0.717, 1.165) is 4.90 Å². The van der Waals surface area contributed by atoms with Crippen molar-refractivity contribution in [1.82, 2.24) is 5.32 Å². The predicted molar refractivity (Wildman–Crippen MR) is 165 cm³/mol. The van der Waals surface area contributed by atoms with Gasteiger partial charge >= 0.3 is 5.63 Å². The van der Waals surface area contributed by atoms with Gasteiger partial charge in [0.15, 0.2) is 0 Å². The zero-order chi connectivity index (χ0) is 30.3. The van der Waals surface area contributed by atoms with Crippen LogP contribution in [-0.2, 0) is 10.5 Å². The number of aromatic hydroxyl groups is 2. The van der Waals surface area contributed by atoms with Crippen LogP contribution in [0.25, 0.3) is 17.0 Å². The number of ether oxygens (including phenoxy) is 1. The molecule has 1 heterocycles. The first-order chi connectivity index (χ1) is 20.8. The number of nitrogens with one attached hydrogen (secondary N) is 2. The van der Waals surface area contributed by atoms with E-state index < -0.39 is 17.4 Å². The molecule has 216 valence electrons. The first kappa shape index (κ1) is 29.0. The van der Waals surface area contributed by atoms with Gasteiger partial charge in [-0.15, -0.1) is 11.8 Å². The van der Waals surface area contributed by atoms with Gasteiger partial charge in [0.2, 0.25) is 0 Å². The van der Waals surface area contributed by atoms with Crippen LogP contribution in [0.4, 0.5) is 5.69 Å². The number of benzene rings is 4. The molecule has 5 rings (SSSR count). The molecule has 0 saturated carbocycles. The Hall–Kier alpha value is -5.48. The molecule has 0 atom stereocenters. The van der Waals surface area contributed by atoms with Crippen LogP contribution in [0, 0.1) is 0 Å². The molecule has 0 radical (unpaired) electrons. The molecule has 10 heteroatoms. The van der Waals surface area contributed by atoms with Gasteiger partial charge in [-0.25, -0.2) is 4.79 Å². The minimum absolute atomic E-state index is 0.00643. The van der Waals surface area contributed by atoms with Gasteiger partial charge in [-0.05, 0) is 72.8 Å². The van der Waals surface area contributed by atoms with E-state index in [1.54, 1.807) is 72.8 Å². The van der Waals surface area contributed by atoms with Crippen molar-refractivity contribution in [2.45, 2.75) is 10.6 Å². The van der Waals surface area contributed by atoms with Gasteiger partial charge in [-0.1, -0.05) is 18.2 Å². The van der Waals surface area contributed by atoms with Crippen LogP contribution in [0.3, 0.4) is 0 Å². The second kappa shape index (κ2) is 13.0. The molecule has 0 aliphatic heterocycles. The van der Waals surface area contributed by atoms with Crippen molar-refractivity contribution in [3.8, 4) is 17.2 Å². The van der Waals surface area contributed by atoms with Gasteiger partial charge < -0.3 is 30.0 Å². The molecule has 43 heavy (non-hydrogen) atoms. The highest BCUT2D eigenvalue weighted by Gasteiger charge is 2.17. The molecule has 0 spiro atoms. The number of rotatable bonds is 9. The number of amides is 2. The summed E-state index contributed by atoms with van der Waals surface area (Å²) in [6, 6.07) is 26.3. The summed E-state index contributed by atoms with van der Waals surface area (Å²) in [7, 11) is 1.44. The van der Waals surface area contributed by atoms with Crippen molar-refractivity contribution in [3.05, 3.63) is 130 Å². The van der Waals surface area contributed by atoms with E-state index in [1.165, 1.54) is 49.2 Å². The summed E-state index contributed by atoms with van der Waals surface area (Å²) < 4.78 is 10.7. The molecule has 2 amide bonds. The second-order valence-corrected chi connectivity index (χ2v) is 10.4. The highest BCUT2D eigenvalue weighted by molar-refractivity contribution is 7.98. The molecule has 0 unspecified atom stereocenters. The Morgan fingerprint density at radius 2 is 1.63 bits per heavy atom. The third-order valence-electron chi connectivity index (χ3n) is 6.34. The van der Waals surface area contributed by atoms with Gasteiger partial charge in [0.1, 0.15) is 28.5 Å². The largest absolute Gasteiger partial charge is 0.508 e. The van der Waals surface area contributed by atoms with Crippen molar-refractivity contribution in [2.75, 3.05) is 12.4 Å². The van der Waals surface area contributed by atoms with Gasteiger partial charge in [0.05, 0.1) is 7.11 Å². The molecular formula is C33H26N2O7S. The summed E-state index contributed by atoms with van der Waals surface area (Å²) in [6.45, 7) is 0. The van der Waals surface area contributed by atoms with Gasteiger partial charge in [-0.3, -0.25) is 9.59 Å². The lowest BCUT2D eigenvalue weighted by atomic mass is 10.1. The third-order valence-corrected chi connectivity index (χ3v) is 7.40. The van der Waals surface area contributed by atoms with Crippen LogP contribution < -0.4 is 21.0 Å². The summed E-state index contributed by atoms with van der Waals surface area (Å²) in [5.74, 6) is -0.350. The van der Waals surface area contributed by atoms with Gasteiger partial charge in [0.25, 0.3) is 11.8 Å². The van der Waals surface area contributed by atoms with Crippen LogP contribution in [-0.4, -0.2) is 29.1 Å². The molecule has 0 fully saturated rings. The topological polar surface area (TPSA) is 138 Å². The molecule has 4 N–H and O–H groups in total. The zero-order valence-corrected chi connectivity index (χ0v) is 23.7. The number of carbonyl (C=O) groups excluding carboxylic acids is 2. The molecule has 9 nitrogen and oxygen atoms in total. The molecule has 1 aromatic heterocycles. The lowest BCUT2D eigenvalue weighted by molar-refractivity contribution is -0.113. The SMILES string of the molecule is COc1cc(O)ccc1/C=C(\NC(=O)c1ccccc1)C(=O)Nc1ccc(SCc2cc3ccc(O)cc3oc2=O)cc1. The maximum atomic E-state index is 13.4. The Morgan fingerprint density at radius 3 is 2.37 bits per heavy atom. The Balaban J connectivity index is 1.31. The minimum atomic E-state index is -0.570. The number of fused-ring (bicyclic) bond motifs is 1. The summed E-state index contributed by atoms with van der Waals surface area (Å²) >= 11 is 1.42. The van der Waals surface area contributed by atoms with E-state index in [9.17, 15) is 24.6 Å². The monoisotopic (exact) mass is 594 g/mol. The number of phenols is 2. The average molecular weight is 595 g/mol. The van der Waals surface area contributed by atoms with Crippen molar-refractivity contribution in [1.29, 1.82) is 0 Å². The van der Waals surface area contributed by atoms with Gasteiger partial charge in [-0.2, -0.15) is 0 Å². The number of anilines is 1. The molecule has 5 aromatic rings. The van der Waals surface area contributed by atoms with E-state index in [2.05, 4.69) is 10.6 Å². The number of hydrogen-bond donors (Lipinski definition) is 4. The van der Waals surface area contributed by atoms with Crippen LogP contribution in [0.1, 0.15) is 21.5 Å². The molecule has 0 saturated heterocycles. The predicted octanol–water partition coefficient (Wildman–Crippen LogP) is 5.91. The summed E-state index contributed by atoms with van der Waals surface area (Å²) in [6.07, 6.45) is 1.47. The second-order valence-electron chi connectivity index (χ2n) is 9.35. The zero-order valence-electron chi connectivity index (χ0n) is 22.9. The Morgan fingerprint density at radius 1 is 0.907 bits per heavy atom. The number of hydrogen-bond acceptors (Lipinski definition) is 8. The van der Waals surface area contributed by atoms with E-state index in [0.29, 0.717) is 44.8 Å². The lowest BCUT2D eigenvalue weighted by Gasteiger charge is -2.13. The molecule has 0 aliphatic rings. The first-order valence-corrected chi connectivity index (χ1v) is 14.0. The number of carbonyl (C=O) groups is 2. The summed E-state index contributed by atoms with van der Waals surface area (Å²) in [4.78, 5) is 39.5. The number of thioether (sulfide) groups is 1. The third kappa shape index (κ3) is 7.24. The lowest BCUT2D eigenvalue weighted by Crippen LogP contribution is -2.30. The quantitative estimate of drug-likeness (QED) is 0.0938. The first-order valence-electron chi connectivity index (χ1n) is 13.0. The average Bonchev–Trinajstić information content (AvgIpc) is 3.01. The van der Waals surface area contributed by atoms with Crippen LogP contribution in [0.2, 0.25) is 0 Å². The van der Waals surface area contributed by atoms with E-state index in [-0.39, 0.29) is 17.2 Å². The standard InChI is InChI=1S/C33H26N2O7S/c1-41-29-17-25(36)12-8-22(29)16-28(35-31(38)20-5-3-2-4-6-20)32(39)34-24-9-13-27(14-10-24)43-19-23-15-21-7-11-26(37)18-30(21)42-33(23)40/h2-18,36-37H,19H2,1H3,(H,34,39)(H,35,38)/b28-16-. The molecule has 4 aromatic carbocycles. The fraction of sp³-hybridized carbons (Fsp3) is 0.0606. The number of methoxy groups -OCH3 is 1. The van der Waals surface area contributed by atoms with Crippen molar-refractivity contribution < 1.29 is 29.0 Å². The van der Waals surface area contributed by atoms with Crippen molar-refractivity contribution >= 4 is 46.3 Å². The maximum absolute atomic E-state index is 13.4. The Labute approximate surface area is 250 Å². The smallest absolute Gasteiger partial charge is 0.340 e.